The number of aryl methyl sites for hydroxylation is 1. The maximum atomic E-state index is 11.9. The average Bonchev–Trinajstić information content (AvgIpc) is 2.50. The average molecular weight is 218 g/mol. The summed E-state index contributed by atoms with van der Waals surface area (Å²) in [5.74, 6) is 0.0753. The summed E-state index contributed by atoms with van der Waals surface area (Å²) in [6, 6.07) is 4.13. The van der Waals surface area contributed by atoms with Crippen LogP contribution in [0.3, 0.4) is 0 Å². The van der Waals surface area contributed by atoms with Gasteiger partial charge in [-0.15, -0.1) is 0 Å². The van der Waals surface area contributed by atoms with Crippen LogP contribution in [0.5, 0.6) is 0 Å². The second kappa shape index (κ2) is 3.59. The summed E-state index contributed by atoms with van der Waals surface area (Å²) in [6.07, 6.45) is 0.909. The molecule has 2 rings (SSSR count). The van der Waals surface area contributed by atoms with E-state index in [0.29, 0.717) is 6.54 Å². The number of hydrogen-bond donors (Lipinski definition) is 2. The highest BCUT2D eigenvalue weighted by Gasteiger charge is 2.39. The first-order chi connectivity index (χ1) is 7.50. The molecule has 3 nitrogen and oxygen atoms in total. The molecule has 0 fully saturated rings. The lowest BCUT2D eigenvalue weighted by atomic mass is 9.84. The van der Waals surface area contributed by atoms with E-state index in [0.717, 1.165) is 23.2 Å². The predicted octanol–water partition coefficient (Wildman–Crippen LogP) is 1.94. The fraction of sp³-hybridized carbons (Fsp3) is 0.462. The molecule has 0 saturated heterocycles. The Morgan fingerprint density at radius 1 is 1.38 bits per heavy atom. The zero-order valence-electron chi connectivity index (χ0n) is 10.1. The Hall–Kier alpha value is -1.35. The summed E-state index contributed by atoms with van der Waals surface area (Å²) >= 11 is 0. The Bertz CT molecular complexity index is 449. The maximum Gasteiger partial charge on any atom is 0.234 e. The van der Waals surface area contributed by atoms with Gasteiger partial charge < -0.3 is 11.1 Å². The first kappa shape index (κ1) is 11.1. The van der Waals surface area contributed by atoms with Gasteiger partial charge in [0.05, 0.1) is 5.41 Å². The summed E-state index contributed by atoms with van der Waals surface area (Å²) in [4.78, 5) is 11.9. The Labute approximate surface area is 96.0 Å². The summed E-state index contributed by atoms with van der Waals surface area (Å²) in [6.45, 7) is 6.51. The number of amides is 1. The first-order valence-corrected chi connectivity index (χ1v) is 5.68. The molecule has 86 valence electrons. The number of hydrogen-bond acceptors (Lipinski definition) is 2. The van der Waals surface area contributed by atoms with Crippen LogP contribution in [0.4, 0.5) is 5.69 Å². The summed E-state index contributed by atoms with van der Waals surface area (Å²) in [7, 11) is 0. The van der Waals surface area contributed by atoms with E-state index in [1.54, 1.807) is 0 Å². The zero-order chi connectivity index (χ0) is 11.9. The van der Waals surface area contributed by atoms with E-state index in [1.807, 2.05) is 19.9 Å². The zero-order valence-corrected chi connectivity index (χ0v) is 10.1. The van der Waals surface area contributed by atoms with Crippen LogP contribution in [-0.4, -0.2) is 5.91 Å². The number of fused-ring (bicyclic) bond motifs is 1. The van der Waals surface area contributed by atoms with Crippen molar-refractivity contribution in [3.8, 4) is 0 Å². The van der Waals surface area contributed by atoms with E-state index in [9.17, 15) is 4.79 Å². The van der Waals surface area contributed by atoms with Gasteiger partial charge in [0, 0.05) is 12.2 Å². The van der Waals surface area contributed by atoms with Crippen LogP contribution in [-0.2, 0) is 23.2 Å². The highest BCUT2D eigenvalue weighted by Crippen LogP contribution is 2.40. The molecule has 0 atom stereocenters. The van der Waals surface area contributed by atoms with Crippen molar-refractivity contribution in [2.24, 2.45) is 5.73 Å². The van der Waals surface area contributed by atoms with Crippen LogP contribution >= 0.6 is 0 Å². The second-order valence-electron chi connectivity index (χ2n) is 4.81. The van der Waals surface area contributed by atoms with Crippen LogP contribution in [0.2, 0.25) is 0 Å². The van der Waals surface area contributed by atoms with Gasteiger partial charge in [0.2, 0.25) is 5.91 Å². The summed E-state index contributed by atoms with van der Waals surface area (Å²) in [5, 5.41) is 2.98. The maximum absolute atomic E-state index is 11.9. The van der Waals surface area contributed by atoms with Gasteiger partial charge in [0.25, 0.3) is 0 Å². The van der Waals surface area contributed by atoms with E-state index < -0.39 is 5.41 Å². The van der Waals surface area contributed by atoms with Crippen molar-refractivity contribution in [3.05, 3.63) is 28.8 Å². The molecule has 0 aliphatic carbocycles. The lowest BCUT2D eigenvalue weighted by Gasteiger charge is -2.16. The van der Waals surface area contributed by atoms with Gasteiger partial charge in [-0.3, -0.25) is 4.79 Å². The van der Waals surface area contributed by atoms with Crippen LogP contribution in [0, 0.1) is 0 Å². The van der Waals surface area contributed by atoms with Crippen molar-refractivity contribution < 1.29 is 4.79 Å². The molecule has 0 aromatic heterocycles. The van der Waals surface area contributed by atoms with Crippen molar-refractivity contribution >= 4 is 11.6 Å². The number of carbonyl (C=O) groups is 1. The van der Waals surface area contributed by atoms with E-state index in [1.165, 1.54) is 5.56 Å². The Morgan fingerprint density at radius 3 is 2.62 bits per heavy atom. The molecular formula is C13H18N2O. The third-order valence-electron chi connectivity index (χ3n) is 3.38. The molecule has 3 heteroatoms. The van der Waals surface area contributed by atoms with Crippen molar-refractivity contribution in [2.75, 3.05) is 5.32 Å². The minimum atomic E-state index is -0.440. The van der Waals surface area contributed by atoms with Gasteiger partial charge in [-0.05, 0) is 37.0 Å². The quantitative estimate of drug-likeness (QED) is 0.797. The molecule has 0 spiro atoms. The minimum Gasteiger partial charge on any atom is -0.326 e. The number of benzene rings is 1. The SMILES string of the molecule is CCc1cc(CN)cc2c1NC(=O)C2(C)C. The number of anilines is 1. The van der Waals surface area contributed by atoms with Crippen molar-refractivity contribution in [2.45, 2.75) is 39.2 Å². The van der Waals surface area contributed by atoms with Gasteiger partial charge in [0.1, 0.15) is 0 Å². The number of carbonyl (C=O) groups excluding carboxylic acids is 1. The molecule has 0 radical (unpaired) electrons. The minimum absolute atomic E-state index is 0.0753. The molecule has 1 heterocycles. The third kappa shape index (κ3) is 1.43. The highest BCUT2D eigenvalue weighted by molar-refractivity contribution is 6.06. The fourth-order valence-electron chi connectivity index (χ4n) is 2.20. The molecule has 1 aliphatic heterocycles. The molecule has 1 aliphatic rings. The third-order valence-corrected chi connectivity index (χ3v) is 3.38. The van der Waals surface area contributed by atoms with Crippen LogP contribution in [0.1, 0.15) is 37.5 Å². The van der Waals surface area contributed by atoms with Gasteiger partial charge >= 0.3 is 0 Å². The largest absolute Gasteiger partial charge is 0.326 e. The van der Waals surface area contributed by atoms with Gasteiger partial charge in [0.15, 0.2) is 0 Å². The molecule has 1 aromatic rings. The van der Waals surface area contributed by atoms with E-state index in [-0.39, 0.29) is 5.91 Å². The standard InChI is InChI=1S/C13H18N2O/c1-4-9-5-8(7-14)6-10-11(9)15-12(16)13(10,2)3/h5-6H,4,7,14H2,1-3H3,(H,15,16). The Kier molecular flexibility index (Phi) is 2.50. The van der Waals surface area contributed by atoms with Crippen molar-refractivity contribution in [1.82, 2.24) is 0 Å². The molecule has 1 aromatic carbocycles. The summed E-state index contributed by atoms with van der Waals surface area (Å²) in [5.41, 5.74) is 9.60. The normalized spacial score (nSPS) is 17.1. The number of nitrogens with two attached hydrogens (primary N) is 1. The lowest BCUT2D eigenvalue weighted by molar-refractivity contribution is -0.119. The molecule has 3 N–H and O–H groups in total. The molecule has 0 saturated carbocycles. The van der Waals surface area contributed by atoms with Crippen LogP contribution in [0.15, 0.2) is 12.1 Å². The first-order valence-electron chi connectivity index (χ1n) is 5.68. The molecule has 16 heavy (non-hydrogen) atoms. The smallest absolute Gasteiger partial charge is 0.234 e. The van der Waals surface area contributed by atoms with E-state index in [4.69, 9.17) is 5.73 Å². The topological polar surface area (TPSA) is 55.1 Å². The fourth-order valence-corrected chi connectivity index (χ4v) is 2.20. The van der Waals surface area contributed by atoms with E-state index in [2.05, 4.69) is 18.3 Å². The Balaban J connectivity index is 2.65. The number of nitrogens with one attached hydrogen (secondary N) is 1. The number of rotatable bonds is 2. The van der Waals surface area contributed by atoms with Crippen LogP contribution < -0.4 is 11.1 Å². The van der Waals surface area contributed by atoms with Crippen molar-refractivity contribution in [1.29, 1.82) is 0 Å². The second-order valence-corrected chi connectivity index (χ2v) is 4.81. The molecule has 1 amide bonds. The highest BCUT2D eigenvalue weighted by atomic mass is 16.2. The molecular weight excluding hydrogens is 200 g/mol. The van der Waals surface area contributed by atoms with E-state index >= 15 is 0 Å². The van der Waals surface area contributed by atoms with Crippen molar-refractivity contribution in [3.63, 3.8) is 0 Å². The summed E-state index contributed by atoms with van der Waals surface area (Å²) < 4.78 is 0. The monoisotopic (exact) mass is 218 g/mol. The predicted molar refractivity (Wildman–Crippen MR) is 65.4 cm³/mol. The van der Waals surface area contributed by atoms with Crippen LogP contribution in [0.25, 0.3) is 0 Å². The van der Waals surface area contributed by atoms with Gasteiger partial charge in [-0.1, -0.05) is 19.1 Å². The van der Waals surface area contributed by atoms with Gasteiger partial charge in [-0.25, -0.2) is 0 Å². The molecule has 0 bridgehead atoms. The van der Waals surface area contributed by atoms with Gasteiger partial charge in [-0.2, -0.15) is 0 Å². The Morgan fingerprint density at radius 2 is 2.06 bits per heavy atom. The lowest BCUT2D eigenvalue weighted by Crippen LogP contribution is -2.26. The molecule has 0 unspecified atom stereocenters.